The van der Waals surface area contributed by atoms with Crippen LogP contribution in [-0.2, 0) is 20.0 Å². The Hall–Kier alpha value is -4.14. The largest absolute Gasteiger partial charge is 0.453 e. The van der Waals surface area contributed by atoms with Gasteiger partial charge in [0.2, 0.25) is 9.84 Å². The first-order valence-electron chi connectivity index (χ1n) is 19.6. The van der Waals surface area contributed by atoms with Crippen molar-refractivity contribution in [2.45, 2.75) is 65.4 Å². The van der Waals surface area contributed by atoms with Gasteiger partial charge in [0, 0.05) is 44.2 Å². The van der Waals surface area contributed by atoms with Crippen LogP contribution in [0, 0.1) is 23.5 Å². The quantitative estimate of drug-likeness (QED) is 0.242. The minimum Gasteiger partial charge on any atom is -0.453 e. The summed E-state index contributed by atoms with van der Waals surface area (Å²) in [5.41, 5.74) is -0.727. The van der Waals surface area contributed by atoms with Gasteiger partial charge in [-0.15, -0.1) is 0 Å². The van der Waals surface area contributed by atoms with Crippen molar-refractivity contribution in [2.24, 2.45) is 11.8 Å². The summed E-state index contributed by atoms with van der Waals surface area (Å²) in [6, 6.07) is 16.1. The number of amides is 2. The maximum atomic E-state index is 16.3. The van der Waals surface area contributed by atoms with Gasteiger partial charge in [-0.2, -0.15) is 0 Å². The molecule has 1 unspecified atom stereocenters. The second kappa shape index (κ2) is 16.0. The highest BCUT2D eigenvalue weighted by atomic mass is 32.2. The van der Waals surface area contributed by atoms with Gasteiger partial charge in [-0.1, -0.05) is 24.6 Å². The highest BCUT2D eigenvalue weighted by Crippen LogP contribution is 2.52. The summed E-state index contributed by atoms with van der Waals surface area (Å²) < 4.78 is 78.6. The molecule has 3 heterocycles. The second-order valence-corrected chi connectivity index (χ2v) is 18.3. The van der Waals surface area contributed by atoms with Gasteiger partial charge < -0.3 is 24.8 Å². The first kappa shape index (κ1) is 40.1. The standard InChI is InChI=1S/C42H52F3N5O5S/c1-47(2)39(51)29-8-4-11-33(22-29)56(53,54)34-14-15-38(36(44)24-34)50-26-41(45,27-50)25-49-20-16-30(17-21-49)42(28-48-18-7-19-48,31-9-5-10-32(43)23-31)35-12-6-13-37(35)46-40(52)55-3/h4-5,8-11,14-15,22-24,30,35,37H,6-7,12-13,16-21,25-28H2,1-3H3,(H,46,52)/t35-,37-,42?/m0/s1. The highest BCUT2D eigenvalue weighted by molar-refractivity contribution is 7.91. The van der Waals surface area contributed by atoms with Crippen molar-refractivity contribution in [3.63, 3.8) is 0 Å². The van der Waals surface area contributed by atoms with E-state index in [0.717, 1.165) is 69.8 Å². The van der Waals surface area contributed by atoms with Crippen molar-refractivity contribution < 1.29 is 35.9 Å². The van der Waals surface area contributed by atoms with Crippen LogP contribution in [0.5, 0.6) is 0 Å². The molecule has 0 radical (unpaired) electrons. The Balaban J connectivity index is 1.03. The summed E-state index contributed by atoms with van der Waals surface area (Å²) >= 11 is 0. The summed E-state index contributed by atoms with van der Waals surface area (Å²) in [5, 5.41) is 3.11. The number of halogens is 3. The van der Waals surface area contributed by atoms with E-state index in [4.69, 9.17) is 4.74 Å². The van der Waals surface area contributed by atoms with E-state index < -0.39 is 32.8 Å². The van der Waals surface area contributed by atoms with Crippen molar-refractivity contribution in [3.05, 3.63) is 89.5 Å². The van der Waals surface area contributed by atoms with Gasteiger partial charge in [0.1, 0.15) is 11.6 Å². The lowest BCUT2D eigenvalue weighted by Gasteiger charge is -2.54. The molecular formula is C42H52F3N5O5S. The van der Waals surface area contributed by atoms with Crippen molar-refractivity contribution in [3.8, 4) is 0 Å². The molecule has 0 spiro atoms. The first-order valence-corrected chi connectivity index (χ1v) is 21.1. The smallest absolute Gasteiger partial charge is 0.407 e. The van der Waals surface area contributed by atoms with Crippen LogP contribution in [0.25, 0.3) is 0 Å². The molecule has 0 aromatic heterocycles. The van der Waals surface area contributed by atoms with E-state index in [9.17, 15) is 18.0 Å². The maximum absolute atomic E-state index is 16.3. The minimum atomic E-state index is -4.13. The minimum absolute atomic E-state index is 0.0320. The number of carbonyl (C=O) groups excluding carboxylic acids is 2. The Kier molecular flexibility index (Phi) is 11.5. The van der Waals surface area contributed by atoms with Crippen molar-refractivity contribution in [2.75, 3.05) is 78.5 Å². The number of rotatable bonds is 12. The number of alkyl carbamates (subject to hydrolysis) is 1. The predicted molar refractivity (Wildman–Crippen MR) is 207 cm³/mol. The number of methoxy groups -OCH3 is 1. The molecule has 56 heavy (non-hydrogen) atoms. The third-order valence-corrected chi connectivity index (χ3v) is 14.4. The molecule has 1 N–H and O–H groups in total. The number of alkyl halides is 1. The predicted octanol–water partition coefficient (Wildman–Crippen LogP) is 5.91. The molecule has 3 aliphatic heterocycles. The molecule has 4 fully saturated rings. The van der Waals surface area contributed by atoms with Gasteiger partial charge in [0.05, 0.1) is 35.7 Å². The van der Waals surface area contributed by atoms with E-state index in [-0.39, 0.29) is 70.3 Å². The molecule has 302 valence electrons. The number of anilines is 1. The summed E-state index contributed by atoms with van der Waals surface area (Å²) in [6.45, 7) is 4.14. The Morgan fingerprint density at radius 3 is 2.25 bits per heavy atom. The lowest BCUT2D eigenvalue weighted by molar-refractivity contribution is 0.00575. The maximum Gasteiger partial charge on any atom is 0.407 e. The molecule has 3 atom stereocenters. The second-order valence-electron chi connectivity index (χ2n) is 16.4. The number of benzene rings is 3. The highest BCUT2D eigenvalue weighted by Gasteiger charge is 2.54. The molecule has 7 rings (SSSR count). The lowest BCUT2D eigenvalue weighted by atomic mass is 9.57. The molecule has 1 saturated carbocycles. The Morgan fingerprint density at radius 2 is 1.61 bits per heavy atom. The Morgan fingerprint density at radius 1 is 0.893 bits per heavy atom. The zero-order chi connectivity index (χ0) is 39.8. The van der Waals surface area contributed by atoms with Crippen LogP contribution in [0.2, 0.25) is 0 Å². The third-order valence-electron chi connectivity index (χ3n) is 12.6. The van der Waals surface area contributed by atoms with Crippen LogP contribution in [0.3, 0.4) is 0 Å². The van der Waals surface area contributed by atoms with E-state index in [1.807, 2.05) is 6.07 Å². The number of likely N-dealkylation sites (tertiary alicyclic amines) is 2. The van der Waals surface area contributed by atoms with Gasteiger partial charge in [0.25, 0.3) is 5.91 Å². The van der Waals surface area contributed by atoms with Crippen molar-refractivity contribution in [1.82, 2.24) is 20.0 Å². The van der Waals surface area contributed by atoms with E-state index in [0.29, 0.717) is 13.1 Å². The Bertz CT molecular complexity index is 2030. The fourth-order valence-corrected chi connectivity index (χ4v) is 11.1. The van der Waals surface area contributed by atoms with Crippen LogP contribution < -0.4 is 10.2 Å². The molecule has 3 saturated heterocycles. The summed E-state index contributed by atoms with van der Waals surface area (Å²) in [5.74, 6) is -1.17. The number of sulfone groups is 1. The number of piperidine rings is 1. The molecule has 14 heteroatoms. The average molecular weight is 796 g/mol. The molecule has 3 aromatic rings. The van der Waals surface area contributed by atoms with Gasteiger partial charge in [-0.3, -0.25) is 9.69 Å². The van der Waals surface area contributed by atoms with Crippen LogP contribution in [0.15, 0.2) is 76.5 Å². The molecule has 2 amide bonds. The number of hydrogen-bond donors (Lipinski definition) is 1. The number of ether oxygens (including phenoxy) is 1. The van der Waals surface area contributed by atoms with Crippen molar-refractivity contribution >= 4 is 27.5 Å². The van der Waals surface area contributed by atoms with Gasteiger partial charge in [-0.25, -0.2) is 26.4 Å². The summed E-state index contributed by atoms with van der Waals surface area (Å²) in [4.78, 5) is 32.0. The molecular weight excluding hydrogens is 744 g/mol. The fraction of sp³-hybridized carbons (Fsp3) is 0.524. The first-order chi connectivity index (χ1) is 26.7. The monoisotopic (exact) mass is 795 g/mol. The molecule has 3 aromatic carbocycles. The van der Waals surface area contributed by atoms with E-state index in [1.165, 1.54) is 54.5 Å². The zero-order valence-corrected chi connectivity index (χ0v) is 33.2. The van der Waals surface area contributed by atoms with E-state index >= 15 is 13.2 Å². The summed E-state index contributed by atoms with van der Waals surface area (Å²) in [6.07, 6.45) is 4.88. The number of carbonyl (C=O) groups is 2. The molecule has 10 nitrogen and oxygen atoms in total. The van der Waals surface area contributed by atoms with Crippen LogP contribution >= 0.6 is 0 Å². The summed E-state index contributed by atoms with van der Waals surface area (Å²) in [7, 11) is 0.376. The van der Waals surface area contributed by atoms with Gasteiger partial charge in [0.15, 0.2) is 5.67 Å². The number of hydrogen-bond acceptors (Lipinski definition) is 8. The van der Waals surface area contributed by atoms with Gasteiger partial charge in [-0.05, 0) is 124 Å². The van der Waals surface area contributed by atoms with Crippen LogP contribution in [-0.4, -0.2) is 120 Å². The molecule has 1 aliphatic carbocycles. The average Bonchev–Trinajstić information content (AvgIpc) is 3.61. The van der Waals surface area contributed by atoms with Crippen LogP contribution in [0.4, 0.5) is 23.7 Å². The Labute approximate surface area is 327 Å². The molecule has 4 aliphatic rings. The van der Waals surface area contributed by atoms with Crippen LogP contribution in [0.1, 0.15) is 54.4 Å². The van der Waals surface area contributed by atoms with E-state index in [1.54, 1.807) is 31.1 Å². The topological polar surface area (TPSA) is 102 Å². The fourth-order valence-electron chi connectivity index (χ4n) is 9.75. The normalized spacial score (nSPS) is 22.8. The van der Waals surface area contributed by atoms with E-state index in [2.05, 4.69) is 15.1 Å². The van der Waals surface area contributed by atoms with Crippen molar-refractivity contribution in [1.29, 1.82) is 0 Å². The van der Waals surface area contributed by atoms with Gasteiger partial charge >= 0.3 is 6.09 Å². The SMILES string of the molecule is COC(=O)N[C@H]1CCC[C@@H]1C(CN1CCC1)(c1cccc(F)c1)C1CCN(CC2(F)CN(c3ccc(S(=O)(=O)c4cccc(C(=O)N(C)C)c4)cc3F)C2)CC1. The molecule has 0 bridgehead atoms. The third kappa shape index (κ3) is 7.89. The lowest BCUT2D eigenvalue weighted by Crippen LogP contribution is -2.65. The number of nitrogens with zero attached hydrogens (tertiary/aromatic N) is 4. The zero-order valence-electron chi connectivity index (χ0n) is 32.4. The number of nitrogens with one attached hydrogen (secondary N) is 1.